The van der Waals surface area contributed by atoms with Crippen molar-refractivity contribution < 1.29 is 9.13 Å². The highest BCUT2D eigenvalue weighted by Crippen LogP contribution is 2.28. The van der Waals surface area contributed by atoms with E-state index in [1.54, 1.807) is 17.4 Å². The fourth-order valence-electron chi connectivity index (χ4n) is 2.08. The first-order chi connectivity index (χ1) is 10.3. The number of hydrogen-bond acceptors (Lipinski definition) is 3. The van der Waals surface area contributed by atoms with Gasteiger partial charge in [-0.1, -0.05) is 19.1 Å². The summed E-state index contributed by atoms with van der Waals surface area (Å²) in [5.74, 6) is -0.158. The summed E-state index contributed by atoms with van der Waals surface area (Å²) in [5.41, 5.74) is 1.80. The highest BCUT2D eigenvalue weighted by Gasteiger charge is 2.07. The van der Waals surface area contributed by atoms with Gasteiger partial charge in [-0.05, 0) is 48.5 Å². The minimum Gasteiger partial charge on any atom is -0.381 e. The van der Waals surface area contributed by atoms with Crippen LogP contribution >= 0.6 is 11.3 Å². The summed E-state index contributed by atoms with van der Waals surface area (Å²) in [6.45, 7) is 5.41. The van der Waals surface area contributed by atoms with Crippen molar-refractivity contribution in [3.05, 3.63) is 47.1 Å². The number of nitrogens with one attached hydrogen (secondary N) is 1. The fourth-order valence-corrected chi connectivity index (χ4v) is 2.83. The molecule has 0 unspecified atom stereocenters. The first kappa shape index (κ1) is 16.1. The van der Waals surface area contributed by atoms with Gasteiger partial charge in [-0.15, -0.1) is 11.3 Å². The summed E-state index contributed by atoms with van der Waals surface area (Å²) in [6.07, 6.45) is 2.06. The van der Waals surface area contributed by atoms with Crippen LogP contribution in [0, 0.1) is 5.82 Å². The van der Waals surface area contributed by atoms with Gasteiger partial charge in [0.05, 0.1) is 0 Å². The summed E-state index contributed by atoms with van der Waals surface area (Å²) in [6, 6.07) is 9.22. The molecule has 0 aliphatic rings. The highest BCUT2D eigenvalue weighted by molar-refractivity contribution is 7.13. The van der Waals surface area contributed by atoms with E-state index < -0.39 is 0 Å². The first-order valence-electron chi connectivity index (χ1n) is 7.42. The van der Waals surface area contributed by atoms with Crippen molar-refractivity contribution in [3.8, 4) is 10.4 Å². The maximum Gasteiger partial charge on any atom is 0.131 e. The molecule has 114 valence electrons. The van der Waals surface area contributed by atoms with Gasteiger partial charge in [0, 0.05) is 30.2 Å². The van der Waals surface area contributed by atoms with Crippen molar-refractivity contribution in [1.29, 1.82) is 0 Å². The van der Waals surface area contributed by atoms with Crippen molar-refractivity contribution in [3.63, 3.8) is 0 Å². The lowest BCUT2D eigenvalue weighted by Gasteiger charge is -2.08. The molecule has 1 aromatic heterocycles. The van der Waals surface area contributed by atoms with E-state index in [-0.39, 0.29) is 5.82 Å². The van der Waals surface area contributed by atoms with E-state index in [2.05, 4.69) is 12.2 Å². The topological polar surface area (TPSA) is 21.3 Å². The molecule has 0 aliphatic carbocycles. The van der Waals surface area contributed by atoms with Crippen LogP contribution in [-0.2, 0) is 11.3 Å². The molecule has 0 amide bonds. The Bertz CT molecular complexity index is 528. The second-order valence-corrected chi connectivity index (χ2v) is 5.88. The average molecular weight is 307 g/mol. The maximum atomic E-state index is 13.9. The van der Waals surface area contributed by atoms with Gasteiger partial charge in [-0.3, -0.25) is 0 Å². The zero-order valence-corrected chi connectivity index (χ0v) is 13.2. The van der Waals surface area contributed by atoms with E-state index in [0.717, 1.165) is 49.6 Å². The molecule has 21 heavy (non-hydrogen) atoms. The molecule has 0 spiro atoms. The molecule has 0 radical (unpaired) electrons. The third-order valence-electron chi connectivity index (χ3n) is 3.14. The minimum atomic E-state index is -0.158. The molecule has 2 nitrogen and oxygen atoms in total. The third-order valence-corrected chi connectivity index (χ3v) is 4.04. The predicted octanol–water partition coefficient (Wildman–Crippen LogP) is 4.46. The Morgan fingerprint density at radius 1 is 1.24 bits per heavy atom. The van der Waals surface area contributed by atoms with Gasteiger partial charge >= 0.3 is 0 Å². The number of rotatable bonds is 9. The van der Waals surface area contributed by atoms with Crippen molar-refractivity contribution in [2.75, 3.05) is 19.8 Å². The number of ether oxygens (including phenoxy) is 1. The predicted molar refractivity (Wildman–Crippen MR) is 87.1 cm³/mol. The van der Waals surface area contributed by atoms with Gasteiger partial charge in [0.1, 0.15) is 5.82 Å². The van der Waals surface area contributed by atoms with Crippen LogP contribution in [0.4, 0.5) is 4.39 Å². The van der Waals surface area contributed by atoms with E-state index in [9.17, 15) is 4.39 Å². The number of halogens is 1. The molecule has 1 N–H and O–H groups in total. The van der Waals surface area contributed by atoms with Crippen LogP contribution in [0.25, 0.3) is 10.4 Å². The van der Waals surface area contributed by atoms with Crippen LogP contribution in [0.5, 0.6) is 0 Å². The van der Waals surface area contributed by atoms with E-state index >= 15 is 0 Å². The van der Waals surface area contributed by atoms with Gasteiger partial charge < -0.3 is 10.1 Å². The first-order valence-corrected chi connectivity index (χ1v) is 8.30. The number of benzene rings is 1. The number of hydrogen-bond donors (Lipinski definition) is 1. The summed E-state index contributed by atoms with van der Waals surface area (Å²) in [4.78, 5) is 0.974. The Hall–Kier alpha value is -1.23. The molecule has 2 rings (SSSR count). The molecule has 0 aliphatic heterocycles. The van der Waals surface area contributed by atoms with Crippen LogP contribution in [0.2, 0.25) is 0 Å². The maximum absolute atomic E-state index is 13.9. The summed E-state index contributed by atoms with van der Waals surface area (Å²) in [7, 11) is 0. The highest BCUT2D eigenvalue weighted by atomic mass is 32.1. The summed E-state index contributed by atoms with van der Waals surface area (Å²) < 4.78 is 19.3. The van der Waals surface area contributed by atoms with Crippen LogP contribution in [0.15, 0.2) is 35.7 Å². The molecule has 0 atom stereocenters. The van der Waals surface area contributed by atoms with E-state index in [0.29, 0.717) is 5.56 Å². The Morgan fingerprint density at radius 2 is 2.14 bits per heavy atom. The lowest BCUT2D eigenvalue weighted by atomic mass is 10.1. The van der Waals surface area contributed by atoms with Crippen molar-refractivity contribution >= 4 is 11.3 Å². The quantitative estimate of drug-likeness (QED) is 0.691. The Labute approximate surface area is 130 Å². The lowest BCUT2D eigenvalue weighted by molar-refractivity contribution is 0.132. The second-order valence-electron chi connectivity index (χ2n) is 4.93. The molecule has 2 aromatic rings. The Kier molecular flexibility index (Phi) is 6.86. The molecule has 4 heteroatoms. The average Bonchev–Trinajstić information content (AvgIpc) is 3.02. The normalized spacial score (nSPS) is 11.0. The van der Waals surface area contributed by atoms with Crippen LogP contribution in [-0.4, -0.2) is 19.8 Å². The molecule has 0 saturated heterocycles. The summed E-state index contributed by atoms with van der Waals surface area (Å²) in [5, 5.41) is 5.34. The fraction of sp³-hybridized carbons (Fsp3) is 0.412. The van der Waals surface area contributed by atoms with E-state index in [1.165, 1.54) is 0 Å². The number of thiophene rings is 1. The van der Waals surface area contributed by atoms with Crippen LogP contribution in [0.3, 0.4) is 0 Å². The van der Waals surface area contributed by atoms with Gasteiger partial charge in [0.15, 0.2) is 0 Å². The zero-order valence-electron chi connectivity index (χ0n) is 12.4. The lowest BCUT2D eigenvalue weighted by Crippen LogP contribution is -2.16. The van der Waals surface area contributed by atoms with Crippen LogP contribution in [0.1, 0.15) is 25.3 Å². The molecular formula is C17H22FNOS. The third kappa shape index (κ3) is 5.23. The summed E-state index contributed by atoms with van der Waals surface area (Å²) >= 11 is 1.56. The zero-order chi connectivity index (χ0) is 14.9. The smallest absolute Gasteiger partial charge is 0.131 e. The van der Waals surface area contributed by atoms with E-state index in [4.69, 9.17) is 4.74 Å². The van der Waals surface area contributed by atoms with Gasteiger partial charge in [0.25, 0.3) is 0 Å². The minimum absolute atomic E-state index is 0.158. The van der Waals surface area contributed by atoms with Crippen LogP contribution < -0.4 is 5.32 Å². The van der Waals surface area contributed by atoms with Crippen molar-refractivity contribution in [2.24, 2.45) is 0 Å². The molecule has 1 heterocycles. The molecule has 0 bridgehead atoms. The molecule has 1 aromatic carbocycles. The van der Waals surface area contributed by atoms with Gasteiger partial charge in [-0.25, -0.2) is 4.39 Å². The largest absolute Gasteiger partial charge is 0.381 e. The van der Waals surface area contributed by atoms with E-state index in [1.807, 2.05) is 29.6 Å². The second kappa shape index (κ2) is 8.93. The Balaban J connectivity index is 1.80. The molecule has 0 saturated carbocycles. The standard InChI is InChI=1S/C17H22FNOS/c1-2-9-20-10-4-8-19-13-14-6-7-16(18)15(12-14)17-5-3-11-21-17/h3,5-7,11-12,19H,2,4,8-10,13H2,1H3. The van der Waals surface area contributed by atoms with Gasteiger partial charge in [0.2, 0.25) is 0 Å². The van der Waals surface area contributed by atoms with Crippen molar-refractivity contribution in [2.45, 2.75) is 26.3 Å². The van der Waals surface area contributed by atoms with Crippen molar-refractivity contribution in [1.82, 2.24) is 5.32 Å². The molecule has 0 fully saturated rings. The molecular weight excluding hydrogens is 285 g/mol. The monoisotopic (exact) mass is 307 g/mol. The Morgan fingerprint density at radius 3 is 2.90 bits per heavy atom. The SMILES string of the molecule is CCCOCCCNCc1ccc(F)c(-c2cccs2)c1. The van der Waals surface area contributed by atoms with Gasteiger partial charge in [-0.2, -0.15) is 0 Å².